The summed E-state index contributed by atoms with van der Waals surface area (Å²) in [7, 11) is -3.53. The minimum absolute atomic E-state index is 0.0399. The number of hydrogen-bond donors (Lipinski definition) is 2. The average molecular weight is 301 g/mol. The largest absolute Gasteiger partial charge is 0.444 e. The Balaban J connectivity index is 2.05. The van der Waals surface area contributed by atoms with E-state index in [4.69, 9.17) is 10.2 Å². The van der Waals surface area contributed by atoms with Crippen LogP contribution in [-0.2, 0) is 29.5 Å². The lowest BCUT2D eigenvalue weighted by atomic mass is 10.4. The van der Waals surface area contributed by atoms with E-state index in [0.717, 1.165) is 28.4 Å². The molecule has 6 nitrogen and oxygen atoms in total. The number of nitrogens with two attached hydrogens (primary N) is 1. The summed E-state index contributed by atoms with van der Waals surface area (Å²) in [6.45, 7) is 2.31. The molecule has 0 aliphatic carbocycles. The minimum atomic E-state index is -3.53. The first-order valence-electron chi connectivity index (χ1n) is 5.77. The van der Waals surface area contributed by atoms with Gasteiger partial charge in [-0.05, 0) is 12.1 Å². The summed E-state index contributed by atoms with van der Waals surface area (Å²) in [5.74, 6) is 1.09. The van der Waals surface area contributed by atoms with Crippen LogP contribution in [0.3, 0.4) is 0 Å². The van der Waals surface area contributed by atoms with Gasteiger partial charge in [0.25, 0.3) is 10.0 Å². The van der Waals surface area contributed by atoms with Crippen molar-refractivity contribution in [3.05, 3.63) is 34.9 Å². The van der Waals surface area contributed by atoms with Gasteiger partial charge < -0.3 is 10.2 Å². The van der Waals surface area contributed by atoms with E-state index < -0.39 is 10.0 Å². The molecule has 0 radical (unpaired) electrons. The monoisotopic (exact) mass is 301 g/mol. The summed E-state index contributed by atoms with van der Waals surface area (Å²) in [6, 6.07) is 3.25. The molecule has 19 heavy (non-hydrogen) atoms. The zero-order valence-electron chi connectivity index (χ0n) is 10.4. The van der Waals surface area contributed by atoms with Gasteiger partial charge in [-0.1, -0.05) is 6.92 Å². The fourth-order valence-corrected chi connectivity index (χ4v) is 3.69. The van der Waals surface area contributed by atoms with E-state index in [1.165, 1.54) is 0 Å². The summed E-state index contributed by atoms with van der Waals surface area (Å²) >= 11 is 1.16. The van der Waals surface area contributed by atoms with E-state index >= 15 is 0 Å². The number of nitrogens with zero attached hydrogens (tertiary/aromatic N) is 1. The summed E-state index contributed by atoms with van der Waals surface area (Å²) in [5.41, 5.74) is 5.46. The predicted molar refractivity (Wildman–Crippen MR) is 72.1 cm³/mol. The zero-order valence-corrected chi connectivity index (χ0v) is 12.1. The van der Waals surface area contributed by atoms with Crippen molar-refractivity contribution in [2.24, 2.45) is 5.73 Å². The van der Waals surface area contributed by atoms with Crippen molar-refractivity contribution in [2.45, 2.75) is 30.6 Å². The van der Waals surface area contributed by atoms with E-state index in [0.29, 0.717) is 12.4 Å². The van der Waals surface area contributed by atoms with Gasteiger partial charge in [-0.15, -0.1) is 11.3 Å². The van der Waals surface area contributed by atoms with Gasteiger partial charge in [-0.2, -0.15) is 0 Å². The first kappa shape index (κ1) is 14.2. The molecule has 0 aromatic carbocycles. The van der Waals surface area contributed by atoms with Gasteiger partial charge in [-0.3, -0.25) is 0 Å². The van der Waals surface area contributed by atoms with Crippen molar-refractivity contribution in [3.63, 3.8) is 0 Å². The molecule has 0 saturated carbocycles. The maximum absolute atomic E-state index is 12.0. The number of aromatic nitrogens is 1. The van der Waals surface area contributed by atoms with Gasteiger partial charge in [0, 0.05) is 17.8 Å². The Bertz CT molecular complexity index is 646. The van der Waals surface area contributed by atoms with E-state index in [1.807, 2.05) is 6.92 Å². The summed E-state index contributed by atoms with van der Waals surface area (Å²) in [5, 5.41) is 0. The molecule has 3 N–H and O–H groups in total. The molecule has 0 spiro atoms. The van der Waals surface area contributed by atoms with Crippen molar-refractivity contribution in [1.82, 2.24) is 9.71 Å². The van der Waals surface area contributed by atoms with E-state index in [1.54, 1.807) is 18.3 Å². The number of nitrogens with one attached hydrogen (secondary N) is 1. The van der Waals surface area contributed by atoms with Crippen LogP contribution in [-0.4, -0.2) is 13.4 Å². The normalized spacial score (nSPS) is 11.9. The minimum Gasteiger partial charge on any atom is -0.444 e. The first-order chi connectivity index (χ1) is 9.05. The Morgan fingerprint density at radius 2 is 2.26 bits per heavy atom. The van der Waals surface area contributed by atoms with Crippen LogP contribution in [0.1, 0.15) is 23.5 Å². The van der Waals surface area contributed by atoms with Crippen LogP contribution in [0.4, 0.5) is 0 Å². The molecular formula is C11H15N3O3S2. The Morgan fingerprint density at radius 1 is 1.47 bits per heavy atom. The van der Waals surface area contributed by atoms with Gasteiger partial charge in [0.2, 0.25) is 5.89 Å². The molecule has 2 aromatic heterocycles. The average Bonchev–Trinajstić information content (AvgIpc) is 3.05. The molecule has 2 heterocycles. The molecule has 2 aromatic rings. The summed E-state index contributed by atoms with van der Waals surface area (Å²) in [4.78, 5) is 4.82. The van der Waals surface area contributed by atoms with E-state index in [9.17, 15) is 8.42 Å². The fraction of sp³-hybridized carbons (Fsp3) is 0.364. The molecule has 0 aliphatic rings. The molecule has 0 fully saturated rings. The van der Waals surface area contributed by atoms with Crippen LogP contribution in [0.2, 0.25) is 0 Å². The van der Waals surface area contributed by atoms with Crippen molar-refractivity contribution < 1.29 is 12.8 Å². The lowest BCUT2D eigenvalue weighted by molar-refractivity contribution is 0.452. The molecule has 0 aliphatic heterocycles. The molecule has 104 valence electrons. The molecule has 0 saturated heterocycles. The highest BCUT2D eigenvalue weighted by Gasteiger charge is 2.17. The third kappa shape index (κ3) is 3.41. The highest BCUT2D eigenvalue weighted by molar-refractivity contribution is 7.91. The van der Waals surface area contributed by atoms with Gasteiger partial charge in [0.15, 0.2) is 0 Å². The summed E-state index contributed by atoms with van der Waals surface area (Å²) in [6.07, 6.45) is 2.33. The summed E-state index contributed by atoms with van der Waals surface area (Å²) < 4.78 is 32.0. The molecule has 8 heteroatoms. The first-order valence-corrected chi connectivity index (χ1v) is 8.07. The number of rotatable bonds is 6. The van der Waals surface area contributed by atoms with E-state index in [-0.39, 0.29) is 10.8 Å². The van der Waals surface area contributed by atoms with E-state index in [2.05, 4.69) is 9.71 Å². The number of sulfonamides is 1. The SMILES string of the molecule is CCc1cnc(CNS(=O)(=O)c2ccc(CN)s2)o1. The Kier molecular flexibility index (Phi) is 4.35. The van der Waals surface area contributed by atoms with Crippen LogP contribution in [0.25, 0.3) is 0 Å². The van der Waals surface area contributed by atoms with Gasteiger partial charge >= 0.3 is 0 Å². The smallest absolute Gasteiger partial charge is 0.250 e. The quantitative estimate of drug-likeness (QED) is 0.836. The van der Waals surface area contributed by atoms with Crippen molar-refractivity contribution >= 4 is 21.4 Å². The van der Waals surface area contributed by atoms with Crippen LogP contribution >= 0.6 is 11.3 Å². The van der Waals surface area contributed by atoms with Crippen LogP contribution < -0.4 is 10.5 Å². The number of aryl methyl sites for hydroxylation is 1. The Hall–Kier alpha value is -1.22. The number of oxazole rings is 1. The molecule has 0 atom stereocenters. The maximum atomic E-state index is 12.0. The third-order valence-corrected chi connectivity index (χ3v) is 5.47. The Labute approximate surface area is 115 Å². The van der Waals surface area contributed by atoms with Crippen molar-refractivity contribution in [1.29, 1.82) is 0 Å². The van der Waals surface area contributed by atoms with Crippen LogP contribution in [0.5, 0.6) is 0 Å². The number of hydrogen-bond acceptors (Lipinski definition) is 6. The molecular weight excluding hydrogens is 286 g/mol. The second-order valence-corrected chi connectivity index (χ2v) is 6.99. The van der Waals surface area contributed by atoms with Gasteiger partial charge in [-0.25, -0.2) is 18.1 Å². The molecule has 0 amide bonds. The molecule has 0 unspecified atom stereocenters. The third-order valence-electron chi connectivity index (χ3n) is 2.47. The zero-order chi connectivity index (χ0) is 13.9. The van der Waals surface area contributed by atoms with Crippen LogP contribution in [0, 0.1) is 0 Å². The molecule has 0 bridgehead atoms. The maximum Gasteiger partial charge on any atom is 0.250 e. The number of thiophene rings is 1. The molecule has 2 rings (SSSR count). The van der Waals surface area contributed by atoms with Crippen LogP contribution in [0.15, 0.2) is 27.0 Å². The van der Waals surface area contributed by atoms with Crippen molar-refractivity contribution in [2.75, 3.05) is 0 Å². The van der Waals surface area contributed by atoms with Gasteiger partial charge in [0.1, 0.15) is 9.97 Å². The standard InChI is InChI=1S/C11H15N3O3S2/c1-2-8-6-13-10(17-8)7-14-19(15,16)11-4-3-9(5-12)18-11/h3-4,6,14H,2,5,7,12H2,1H3. The second kappa shape index (κ2) is 5.83. The van der Waals surface area contributed by atoms with Gasteiger partial charge in [0.05, 0.1) is 12.7 Å². The highest BCUT2D eigenvalue weighted by Crippen LogP contribution is 2.21. The lowest BCUT2D eigenvalue weighted by Crippen LogP contribution is -2.22. The lowest BCUT2D eigenvalue weighted by Gasteiger charge is -2.01. The Morgan fingerprint density at radius 3 is 2.84 bits per heavy atom. The fourth-order valence-electron chi connectivity index (χ4n) is 1.43. The highest BCUT2D eigenvalue weighted by atomic mass is 32.2. The second-order valence-electron chi connectivity index (χ2n) is 3.82. The van der Waals surface area contributed by atoms with Crippen molar-refractivity contribution in [3.8, 4) is 0 Å². The predicted octanol–water partition coefficient (Wildman–Crippen LogP) is 1.24. The topological polar surface area (TPSA) is 98.2 Å².